The lowest BCUT2D eigenvalue weighted by Gasteiger charge is -2.16. The lowest BCUT2D eigenvalue weighted by Crippen LogP contribution is -2.24. The van der Waals surface area contributed by atoms with Gasteiger partial charge in [0.1, 0.15) is 5.75 Å². The topological polar surface area (TPSA) is 40.5 Å². The van der Waals surface area contributed by atoms with E-state index in [1.807, 2.05) is 6.07 Å². The van der Waals surface area contributed by atoms with Crippen LogP contribution in [0.2, 0.25) is 0 Å². The molecule has 1 aliphatic heterocycles. The van der Waals surface area contributed by atoms with Gasteiger partial charge in [-0.25, -0.2) is 0 Å². The standard InChI is InChI=1S/C10H10BrNO2/c11-7-5-10(14)12(6-7)8-3-1-2-4-9(8)13/h1-4,7,13H,5-6H2. The summed E-state index contributed by atoms with van der Waals surface area (Å²) in [6.45, 7) is 0.621. The number of halogens is 1. The first-order valence-electron chi connectivity index (χ1n) is 4.41. The molecule has 3 nitrogen and oxygen atoms in total. The van der Waals surface area contributed by atoms with E-state index in [9.17, 15) is 9.90 Å². The van der Waals surface area contributed by atoms with Gasteiger partial charge in [-0.15, -0.1) is 0 Å². The minimum Gasteiger partial charge on any atom is -0.506 e. The molecular weight excluding hydrogens is 246 g/mol. The summed E-state index contributed by atoms with van der Waals surface area (Å²) < 4.78 is 0. The first kappa shape index (κ1) is 9.52. The molecule has 1 saturated heterocycles. The van der Waals surface area contributed by atoms with Crippen molar-refractivity contribution in [1.29, 1.82) is 0 Å². The monoisotopic (exact) mass is 255 g/mol. The summed E-state index contributed by atoms with van der Waals surface area (Å²) in [4.78, 5) is 13.3. The predicted molar refractivity (Wildman–Crippen MR) is 57.8 cm³/mol. The third-order valence-electron chi connectivity index (χ3n) is 2.25. The van der Waals surface area contributed by atoms with Gasteiger partial charge in [0.15, 0.2) is 0 Å². The largest absolute Gasteiger partial charge is 0.506 e. The van der Waals surface area contributed by atoms with Crippen molar-refractivity contribution in [3.63, 3.8) is 0 Å². The second-order valence-corrected chi connectivity index (χ2v) is 4.59. The van der Waals surface area contributed by atoms with Crippen molar-refractivity contribution in [3.8, 4) is 5.75 Å². The Labute approximate surface area is 90.5 Å². The molecule has 1 N–H and O–H groups in total. The number of rotatable bonds is 1. The maximum atomic E-state index is 11.5. The van der Waals surface area contributed by atoms with E-state index >= 15 is 0 Å². The van der Waals surface area contributed by atoms with Crippen LogP contribution in [0, 0.1) is 0 Å². The van der Waals surface area contributed by atoms with Gasteiger partial charge in [-0.1, -0.05) is 28.1 Å². The van der Waals surface area contributed by atoms with E-state index in [1.165, 1.54) is 0 Å². The van der Waals surface area contributed by atoms with Gasteiger partial charge < -0.3 is 10.0 Å². The number of anilines is 1. The summed E-state index contributed by atoms with van der Waals surface area (Å²) in [7, 11) is 0. The Hall–Kier alpha value is -1.03. The van der Waals surface area contributed by atoms with Gasteiger partial charge in [0.05, 0.1) is 5.69 Å². The number of hydrogen-bond acceptors (Lipinski definition) is 2. The van der Waals surface area contributed by atoms with Crippen molar-refractivity contribution in [3.05, 3.63) is 24.3 Å². The van der Waals surface area contributed by atoms with Crippen molar-refractivity contribution in [2.45, 2.75) is 11.2 Å². The number of nitrogens with zero attached hydrogens (tertiary/aromatic N) is 1. The third kappa shape index (κ3) is 1.62. The first-order valence-corrected chi connectivity index (χ1v) is 5.32. The molecule has 0 saturated carbocycles. The highest BCUT2D eigenvalue weighted by molar-refractivity contribution is 9.09. The Morgan fingerprint density at radius 1 is 1.43 bits per heavy atom. The fourth-order valence-corrected chi connectivity index (χ4v) is 2.16. The SMILES string of the molecule is O=C1CC(Br)CN1c1ccccc1O. The summed E-state index contributed by atoms with van der Waals surface area (Å²) >= 11 is 3.40. The highest BCUT2D eigenvalue weighted by Crippen LogP contribution is 2.31. The fraction of sp³-hybridized carbons (Fsp3) is 0.300. The number of carbonyl (C=O) groups excluding carboxylic acids is 1. The lowest BCUT2D eigenvalue weighted by atomic mass is 10.2. The number of alkyl halides is 1. The van der Waals surface area contributed by atoms with Crippen LogP contribution in [-0.4, -0.2) is 22.4 Å². The maximum Gasteiger partial charge on any atom is 0.228 e. The number of carbonyl (C=O) groups is 1. The second-order valence-electron chi connectivity index (χ2n) is 3.29. The molecule has 1 unspecified atom stereocenters. The number of benzene rings is 1. The van der Waals surface area contributed by atoms with Crippen LogP contribution in [0.5, 0.6) is 5.75 Å². The zero-order chi connectivity index (χ0) is 10.1. The van der Waals surface area contributed by atoms with Crippen LogP contribution in [0.3, 0.4) is 0 Å². The number of amides is 1. The normalized spacial score (nSPS) is 21.6. The molecule has 1 aromatic carbocycles. The van der Waals surface area contributed by atoms with E-state index in [0.29, 0.717) is 18.7 Å². The number of phenolic OH excluding ortho intramolecular Hbond substituents is 1. The lowest BCUT2D eigenvalue weighted by molar-refractivity contribution is -0.117. The molecule has 0 aromatic heterocycles. The Kier molecular flexibility index (Phi) is 2.46. The fourth-order valence-electron chi connectivity index (χ4n) is 1.59. The molecule has 14 heavy (non-hydrogen) atoms. The van der Waals surface area contributed by atoms with Gasteiger partial charge in [0.25, 0.3) is 0 Å². The number of aromatic hydroxyl groups is 1. The highest BCUT2D eigenvalue weighted by Gasteiger charge is 2.29. The number of phenols is 1. The molecule has 1 amide bonds. The van der Waals surface area contributed by atoms with Gasteiger partial charge in [0, 0.05) is 17.8 Å². The number of hydrogen-bond donors (Lipinski definition) is 1. The maximum absolute atomic E-state index is 11.5. The summed E-state index contributed by atoms with van der Waals surface area (Å²) in [5.41, 5.74) is 0.597. The van der Waals surface area contributed by atoms with Gasteiger partial charge in [-0.05, 0) is 12.1 Å². The van der Waals surface area contributed by atoms with Crippen LogP contribution in [0.4, 0.5) is 5.69 Å². The molecule has 0 radical (unpaired) electrons. The van der Waals surface area contributed by atoms with Crippen molar-refractivity contribution in [2.24, 2.45) is 0 Å². The zero-order valence-electron chi connectivity index (χ0n) is 7.48. The van der Waals surface area contributed by atoms with Crippen LogP contribution < -0.4 is 4.90 Å². The van der Waals surface area contributed by atoms with Gasteiger partial charge in [-0.2, -0.15) is 0 Å². The van der Waals surface area contributed by atoms with Crippen LogP contribution >= 0.6 is 15.9 Å². The van der Waals surface area contributed by atoms with E-state index in [1.54, 1.807) is 23.1 Å². The molecule has 0 aliphatic carbocycles. The minimum absolute atomic E-state index is 0.0494. The highest BCUT2D eigenvalue weighted by atomic mass is 79.9. The van der Waals surface area contributed by atoms with Gasteiger partial charge in [-0.3, -0.25) is 4.79 Å². The predicted octanol–water partition coefficient (Wildman–Crippen LogP) is 1.89. The van der Waals surface area contributed by atoms with Gasteiger partial charge in [0.2, 0.25) is 5.91 Å². The Balaban J connectivity index is 2.32. The molecule has 4 heteroatoms. The summed E-state index contributed by atoms with van der Waals surface area (Å²) in [5, 5.41) is 9.57. The van der Waals surface area contributed by atoms with E-state index < -0.39 is 0 Å². The Morgan fingerprint density at radius 2 is 2.14 bits per heavy atom. The molecule has 1 fully saturated rings. The quantitative estimate of drug-likeness (QED) is 0.779. The molecule has 74 valence electrons. The minimum atomic E-state index is 0.0494. The smallest absolute Gasteiger partial charge is 0.228 e. The van der Waals surface area contributed by atoms with Crippen molar-refractivity contribution >= 4 is 27.5 Å². The molecule has 0 bridgehead atoms. The zero-order valence-corrected chi connectivity index (χ0v) is 9.07. The molecule has 1 atom stereocenters. The van der Waals surface area contributed by atoms with Crippen molar-refractivity contribution in [1.82, 2.24) is 0 Å². The van der Waals surface area contributed by atoms with Gasteiger partial charge >= 0.3 is 0 Å². The second kappa shape index (κ2) is 3.61. The average molecular weight is 256 g/mol. The van der Waals surface area contributed by atoms with Crippen LogP contribution in [0.1, 0.15) is 6.42 Å². The van der Waals surface area contributed by atoms with E-state index in [0.717, 1.165) is 0 Å². The average Bonchev–Trinajstić information content (AvgIpc) is 2.46. The Morgan fingerprint density at radius 3 is 2.71 bits per heavy atom. The third-order valence-corrected chi connectivity index (χ3v) is 2.86. The molecule has 1 aromatic rings. The molecule has 2 rings (SSSR count). The van der Waals surface area contributed by atoms with Crippen LogP contribution in [0.15, 0.2) is 24.3 Å². The summed E-state index contributed by atoms with van der Waals surface area (Å²) in [6, 6.07) is 6.89. The summed E-state index contributed by atoms with van der Waals surface area (Å²) in [6.07, 6.45) is 0.494. The molecular formula is C10H10BrNO2. The van der Waals surface area contributed by atoms with E-state index in [-0.39, 0.29) is 16.5 Å². The molecule has 1 aliphatic rings. The first-order chi connectivity index (χ1) is 6.68. The Bertz CT molecular complexity index is 367. The number of para-hydroxylation sites is 2. The molecule has 0 spiro atoms. The van der Waals surface area contributed by atoms with Crippen molar-refractivity contribution < 1.29 is 9.90 Å². The van der Waals surface area contributed by atoms with Crippen LogP contribution in [0.25, 0.3) is 0 Å². The molecule has 1 heterocycles. The summed E-state index contributed by atoms with van der Waals surface area (Å²) in [5.74, 6) is 0.204. The van der Waals surface area contributed by atoms with E-state index in [2.05, 4.69) is 15.9 Å². The van der Waals surface area contributed by atoms with E-state index in [4.69, 9.17) is 0 Å². The van der Waals surface area contributed by atoms with Crippen LogP contribution in [-0.2, 0) is 4.79 Å². The van der Waals surface area contributed by atoms with Crippen molar-refractivity contribution in [2.75, 3.05) is 11.4 Å².